The topological polar surface area (TPSA) is 108 Å². The van der Waals surface area contributed by atoms with E-state index in [1.165, 1.54) is 25.1 Å². The Labute approximate surface area is 130 Å². The van der Waals surface area contributed by atoms with Gasteiger partial charge in [-0.25, -0.2) is 9.59 Å². The highest BCUT2D eigenvalue weighted by atomic mass is 35.5. The molecule has 0 bridgehead atoms. The van der Waals surface area contributed by atoms with Gasteiger partial charge >= 0.3 is 12.0 Å². The lowest BCUT2D eigenvalue weighted by Gasteiger charge is -2.13. The van der Waals surface area contributed by atoms with E-state index in [0.717, 1.165) is 0 Å². The summed E-state index contributed by atoms with van der Waals surface area (Å²) in [6.45, 7) is 0.820. The normalized spacial score (nSPS) is 11.4. The summed E-state index contributed by atoms with van der Waals surface area (Å²) in [5.74, 6) is -1.40. The molecule has 0 radical (unpaired) electrons. The quantitative estimate of drug-likeness (QED) is 0.793. The monoisotopic (exact) mass is 334 g/mol. The highest BCUT2D eigenvalue weighted by Gasteiger charge is 2.19. The molecule has 0 fully saturated rings. The average molecular weight is 335 g/mol. The summed E-state index contributed by atoms with van der Waals surface area (Å²) >= 11 is 11.6. The molecule has 0 aliphatic carbocycles. The van der Waals surface area contributed by atoms with Gasteiger partial charge in [-0.05, 0) is 25.1 Å². The van der Waals surface area contributed by atoms with Crippen molar-refractivity contribution in [1.29, 1.82) is 0 Å². The molecule has 1 rings (SSSR count). The van der Waals surface area contributed by atoms with Gasteiger partial charge in [-0.3, -0.25) is 10.1 Å². The molecule has 0 aliphatic rings. The summed E-state index contributed by atoms with van der Waals surface area (Å²) < 4.78 is 9.87. The van der Waals surface area contributed by atoms with Crippen LogP contribution in [-0.2, 0) is 14.3 Å². The van der Waals surface area contributed by atoms with Crippen LogP contribution in [0.4, 0.5) is 4.79 Å². The third kappa shape index (κ3) is 5.88. The molecular weight excluding hydrogens is 323 g/mol. The fraction of sp³-hybridized carbons (Fsp3) is 0.250. The number of nitrogens with one attached hydrogen (secondary N) is 1. The predicted octanol–water partition coefficient (Wildman–Crippen LogP) is 1.50. The first-order chi connectivity index (χ1) is 9.79. The summed E-state index contributed by atoms with van der Waals surface area (Å²) in [5.41, 5.74) is 4.76. The number of nitrogens with two attached hydrogens (primary N) is 1. The van der Waals surface area contributed by atoms with Gasteiger partial charge in [0.05, 0.1) is 5.02 Å². The molecule has 0 saturated carbocycles. The Bertz CT molecular complexity index is 565. The highest BCUT2D eigenvalue weighted by molar-refractivity contribution is 6.35. The predicted molar refractivity (Wildman–Crippen MR) is 75.2 cm³/mol. The summed E-state index contributed by atoms with van der Waals surface area (Å²) in [7, 11) is 0. The third-order valence-electron chi connectivity index (χ3n) is 2.16. The number of ether oxygens (including phenoxy) is 2. The number of benzene rings is 1. The number of carbonyl (C=O) groups is 3. The molecule has 0 saturated heterocycles. The Hall–Kier alpha value is -1.99. The van der Waals surface area contributed by atoms with Crippen molar-refractivity contribution < 1.29 is 23.9 Å². The minimum absolute atomic E-state index is 0.231. The largest absolute Gasteiger partial charge is 0.480 e. The van der Waals surface area contributed by atoms with Crippen LogP contribution in [0.3, 0.4) is 0 Å². The molecule has 0 aromatic heterocycles. The maximum absolute atomic E-state index is 11.5. The van der Waals surface area contributed by atoms with Gasteiger partial charge in [0, 0.05) is 5.02 Å². The zero-order valence-electron chi connectivity index (χ0n) is 10.9. The Morgan fingerprint density at radius 2 is 2.00 bits per heavy atom. The van der Waals surface area contributed by atoms with E-state index in [4.69, 9.17) is 38.4 Å². The van der Waals surface area contributed by atoms with Crippen molar-refractivity contribution in [2.45, 2.75) is 13.0 Å². The van der Waals surface area contributed by atoms with Crippen molar-refractivity contribution >= 4 is 41.1 Å². The number of imide groups is 1. The lowest BCUT2D eigenvalue weighted by atomic mass is 10.3. The van der Waals surface area contributed by atoms with Crippen molar-refractivity contribution in [3.05, 3.63) is 28.2 Å². The molecule has 7 nitrogen and oxygen atoms in total. The summed E-state index contributed by atoms with van der Waals surface area (Å²) in [6, 6.07) is 3.44. The summed E-state index contributed by atoms with van der Waals surface area (Å²) in [6.07, 6.45) is -1.19. The van der Waals surface area contributed by atoms with Crippen molar-refractivity contribution in [2.75, 3.05) is 6.61 Å². The molecule has 1 atom stereocenters. The molecule has 1 aromatic rings. The Balaban J connectivity index is 2.47. The molecular formula is C12H12Cl2N2O5. The first-order valence-corrected chi connectivity index (χ1v) is 6.43. The summed E-state index contributed by atoms with van der Waals surface area (Å²) in [5, 5.41) is 2.44. The molecule has 0 spiro atoms. The Morgan fingerprint density at radius 3 is 2.57 bits per heavy atom. The second-order valence-electron chi connectivity index (χ2n) is 3.85. The van der Waals surface area contributed by atoms with Crippen LogP contribution in [0.25, 0.3) is 0 Å². The lowest BCUT2D eigenvalue weighted by molar-refractivity contribution is -0.156. The lowest BCUT2D eigenvalue weighted by Crippen LogP contribution is -2.42. The van der Waals surface area contributed by atoms with E-state index in [1.54, 1.807) is 5.32 Å². The van der Waals surface area contributed by atoms with Crippen molar-refractivity contribution in [2.24, 2.45) is 5.73 Å². The van der Waals surface area contributed by atoms with Gasteiger partial charge in [0.15, 0.2) is 12.7 Å². The molecule has 3 amide bonds. The van der Waals surface area contributed by atoms with Crippen LogP contribution < -0.4 is 15.8 Å². The molecule has 21 heavy (non-hydrogen) atoms. The fourth-order valence-corrected chi connectivity index (χ4v) is 1.70. The van der Waals surface area contributed by atoms with Crippen LogP contribution in [0.1, 0.15) is 6.92 Å². The minimum atomic E-state index is -1.19. The number of urea groups is 1. The third-order valence-corrected chi connectivity index (χ3v) is 2.69. The van der Waals surface area contributed by atoms with E-state index in [2.05, 4.69) is 0 Å². The van der Waals surface area contributed by atoms with Crippen LogP contribution in [0.5, 0.6) is 5.75 Å². The molecule has 114 valence electrons. The number of rotatable bonds is 5. The molecule has 1 aromatic carbocycles. The van der Waals surface area contributed by atoms with Crippen LogP contribution >= 0.6 is 23.2 Å². The molecule has 1 unspecified atom stereocenters. The number of primary amides is 1. The van der Waals surface area contributed by atoms with Crippen LogP contribution in [0.2, 0.25) is 10.0 Å². The van der Waals surface area contributed by atoms with Gasteiger partial charge < -0.3 is 15.2 Å². The maximum Gasteiger partial charge on any atom is 0.344 e. The summed E-state index contributed by atoms with van der Waals surface area (Å²) in [4.78, 5) is 33.2. The first kappa shape index (κ1) is 17.1. The number of esters is 1. The molecule has 3 N–H and O–H groups in total. The van der Waals surface area contributed by atoms with Gasteiger partial charge in [0.2, 0.25) is 0 Å². The molecule has 0 heterocycles. The average Bonchev–Trinajstić information content (AvgIpc) is 2.36. The Kier molecular flexibility index (Phi) is 6.26. The molecule has 0 aliphatic heterocycles. The van der Waals surface area contributed by atoms with Crippen molar-refractivity contribution in [3.8, 4) is 5.75 Å². The number of hydrogen-bond donors (Lipinski definition) is 2. The standard InChI is InChI=1S/C12H12Cl2N2O5/c1-6(11(18)16-12(15)19)21-10(17)5-20-9-3-2-7(13)4-8(9)14/h2-4,6H,5H2,1H3,(H3,15,16,18,19). The minimum Gasteiger partial charge on any atom is -0.480 e. The van der Waals surface area contributed by atoms with E-state index >= 15 is 0 Å². The Morgan fingerprint density at radius 1 is 1.33 bits per heavy atom. The van der Waals surface area contributed by atoms with E-state index < -0.39 is 30.6 Å². The number of amides is 3. The zero-order chi connectivity index (χ0) is 16.0. The number of carbonyl (C=O) groups excluding carboxylic acids is 3. The van der Waals surface area contributed by atoms with Crippen molar-refractivity contribution in [1.82, 2.24) is 5.32 Å². The van der Waals surface area contributed by atoms with Gasteiger partial charge in [0.1, 0.15) is 5.75 Å². The van der Waals surface area contributed by atoms with Crippen LogP contribution in [0, 0.1) is 0 Å². The number of halogens is 2. The van der Waals surface area contributed by atoms with Gasteiger partial charge in [0.25, 0.3) is 5.91 Å². The first-order valence-electron chi connectivity index (χ1n) is 5.67. The van der Waals surface area contributed by atoms with E-state index in [1.807, 2.05) is 0 Å². The highest BCUT2D eigenvalue weighted by Crippen LogP contribution is 2.27. The maximum atomic E-state index is 11.5. The van der Waals surface area contributed by atoms with E-state index in [0.29, 0.717) is 5.02 Å². The van der Waals surface area contributed by atoms with E-state index in [-0.39, 0.29) is 10.8 Å². The van der Waals surface area contributed by atoms with Crippen LogP contribution in [-0.4, -0.2) is 30.6 Å². The number of hydrogen-bond acceptors (Lipinski definition) is 5. The second-order valence-corrected chi connectivity index (χ2v) is 4.69. The van der Waals surface area contributed by atoms with Gasteiger partial charge in [-0.1, -0.05) is 23.2 Å². The SMILES string of the molecule is CC(OC(=O)COc1ccc(Cl)cc1Cl)C(=O)NC(N)=O. The van der Waals surface area contributed by atoms with Crippen molar-refractivity contribution in [3.63, 3.8) is 0 Å². The smallest absolute Gasteiger partial charge is 0.344 e. The van der Waals surface area contributed by atoms with Gasteiger partial charge in [-0.15, -0.1) is 0 Å². The second kappa shape index (κ2) is 7.70. The molecule has 9 heteroatoms. The van der Waals surface area contributed by atoms with Gasteiger partial charge in [-0.2, -0.15) is 0 Å². The van der Waals surface area contributed by atoms with E-state index in [9.17, 15) is 14.4 Å². The van der Waals surface area contributed by atoms with Crippen LogP contribution in [0.15, 0.2) is 18.2 Å². The zero-order valence-corrected chi connectivity index (χ0v) is 12.4. The fourth-order valence-electron chi connectivity index (χ4n) is 1.24.